The summed E-state index contributed by atoms with van der Waals surface area (Å²) in [4.78, 5) is 16.8. The predicted octanol–water partition coefficient (Wildman–Crippen LogP) is 3.21. The summed E-state index contributed by atoms with van der Waals surface area (Å²) in [6, 6.07) is 14.5. The molecule has 6 heteroatoms. The minimum Gasteiger partial charge on any atom is -0.343 e. The summed E-state index contributed by atoms with van der Waals surface area (Å²) in [6.07, 6.45) is 1.91. The number of aromatic amines is 1. The highest BCUT2D eigenvalue weighted by Crippen LogP contribution is 2.23. The fraction of sp³-hybridized carbons (Fsp3) is 0.167. The average molecular weight is 341 g/mol. The third-order valence-corrected chi connectivity index (χ3v) is 3.81. The number of carbonyl (C=O) groups excluding carboxylic acids is 1. The number of pyridine rings is 1. The number of aromatic nitrogens is 3. The first-order chi connectivity index (χ1) is 11.6. The second-order valence-corrected chi connectivity index (χ2v) is 5.97. The molecule has 0 saturated heterocycles. The number of nitrogens with zero attached hydrogens (tertiary/aromatic N) is 2. The summed E-state index contributed by atoms with van der Waals surface area (Å²) in [5, 5.41) is 10.6. The van der Waals surface area contributed by atoms with Gasteiger partial charge in [-0.3, -0.25) is 14.9 Å². The van der Waals surface area contributed by atoms with Gasteiger partial charge in [0.05, 0.1) is 23.9 Å². The quantitative estimate of drug-likeness (QED) is 0.749. The maximum Gasteiger partial charge on any atom is 0.226 e. The highest BCUT2D eigenvalue weighted by molar-refractivity contribution is 6.30. The lowest BCUT2D eigenvalue weighted by molar-refractivity contribution is -0.121. The molecule has 24 heavy (non-hydrogen) atoms. The molecule has 0 spiro atoms. The fourth-order valence-corrected chi connectivity index (χ4v) is 2.70. The Morgan fingerprint density at radius 1 is 1.25 bits per heavy atom. The minimum atomic E-state index is -0.363. The van der Waals surface area contributed by atoms with Gasteiger partial charge in [0.25, 0.3) is 0 Å². The van der Waals surface area contributed by atoms with Crippen LogP contribution in [-0.4, -0.2) is 21.1 Å². The molecule has 0 aliphatic rings. The first-order valence-electron chi connectivity index (χ1n) is 7.58. The van der Waals surface area contributed by atoms with Crippen molar-refractivity contribution in [2.24, 2.45) is 0 Å². The van der Waals surface area contributed by atoms with Gasteiger partial charge in [-0.25, -0.2) is 0 Å². The zero-order chi connectivity index (χ0) is 16.9. The lowest BCUT2D eigenvalue weighted by Gasteiger charge is -2.19. The number of H-pyrrole nitrogens is 1. The Morgan fingerprint density at radius 3 is 2.79 bits per heavy atom. The van der Waals surface area contributed by atoms with Crippen LogP contribution in [0, 0.1) is 6.92 Å². The Labute approximate surface area is 145 Å². The molecule has 0 saturated carbocycles. The van der Waals surface area contributed by atoms with E-state index >= 15 is 0 Å². The molecule has 0 fully saturated rings. The number of amides is 1. The zero-order valence-electron chi connectivity index (χ0n) is 13.2. The maximum absolute atomic E-state index is 12.4. The van der Waals surface area contributed by atoms with Crippen LogP contribution in [0.15, 0.2) is 54.7 Å². The van der Waals surface area contributed by atoms with Gasteiger partial charge in [-0.15, -0.1) is 0 Å². The molecule has 3 rings (SSSR count). The van der Waals surface area contributed by atoms with Crippen molar-refractivity contribution in [1.82, 2.24) is 20.5 Å². The van der Waals surface area contributed by atoms with Gasteiger partial charge in [-0.2, -0.15) is 5.10 Å². The van der Waals surface area contributed by atoms with Crippen molar-refractivity contribution in [2.45, 2.75) is 19.4 Å². The number of rotatable bonds is 5. The molecule has 1 aromatic carbocycles. The topological polar surface area (TPSA) is 70.7 Å². The summed E-state index contributed by atoms with van der Waals surface area (Å²) < 4.78 is 0. The van der Waals surface area contributed by atoms with Crippen molar-refractivity contribution < 1.29 is 4.79 Å². The highest BCUT2D eigenvalue weighted by atomic mass is 35.5. The molecule has 0 aliphatic carbocycles. The van der Waals surface area contributed by atoms with Crippen LogP contribution < -0.4 is 5.32 Å². The molecule has 0 radical (unpaired) electrons. The van der Waals surface area contributed by atoms with E-state index in [1.165, 1.54) is 0 Å². The van der Waals surface area contributed by atoms with Crippen LogP contribution in [0.4, 0.5) is 0 Å². The molecule has 0 bridgehead atoms. The van der Waals surface area contributed by atoms with Crippen molar-refractivity contribution >= 4 is 17.5 Å². The lowest BCUT2D eigenvalue weighted by atomic mass is 10.0. The summed E-state index contributed by atoms with van der Waals surface area (Å²) in [5.41, 5.74) is 3.27. The third-order valence-electron chi connectivity index (χ3n) is 3.57. The first-order valence-corrected chi connectivity index (χ1v) is 7.96. The number of hydrogen-bond donors (Lipinski definition) is 2. The van der Waals surface area contributed by atoms with Crippen LogP contribution in [0.1, 0.15) is 28.7 Å². The van der Waals surface area contributed by atoms with E-state index in [0.29, 0.717) is 10.7 Å². The minimum absolute atomic E-state index is 0.128. The summed E-state index contributed by atoms with van der Waals surface area (Å²) in [5.74, 6) is -0.128. The molecule has 0 aliphatic heterocycles. The number of halogens is 1. The van der Waals surface area contributed by atoms with Crippen molar-refractivity contribution in [3.63, 3.8) is 0 Å². The summed E-state index contributed by atoms with van der Waals surface area (Å²) in [6.45, 7) is 1.90. The van der Waals surface area contributed by atoms with Crippen LogP contribution in [-0.2, 0) is 11.2 Å². The van der Waals surface area contributed by atoms with Gasteiger partial charge in [0.2, 0.25) is 5.91 Å². The van der Waals surface area contributed by atoms with E-state index in [1.54, 1.807) is 12.3 Å². The average Bonchev–Trinajstić information content (AvgIpc) is 2.98. The van der Waals surface area contributed by atoms with Gasteiger partial charge in [0.15, 0.2) is 0 Å². The molecular formula is C18H17ClN4O. The molecule has 2 aromatic heterocycles. The molecule has 0 unspecified atom stereocenters. The highest BCUT2D eigenvalue weighted by Gasteiger charge is 2.19. The van der Waals surface area contributed by atoms with E-state index < -0.39 is 0 Å². The molecular weight excluding hydrogens is 324 g/mol. The van der Waals surface area contributed by atoms with Gasteiger partial charge < -0.3 is 5.32 Å². The number of carbonyl (C=O) groups is 1. The van der Waals surface area contributed by atoms with E-state index in [1.807, 2.05) is 49.4 Å². The fourth-order valence-electron chi connectivity index (χ4n) is 2.50. The SMILES string of the molecule is Cc1cc(CC(=O)N[C@H](c2cccc(Cl)c2)c2ccccn2)n[nH]1. The van der Waals surface area contributed by atoms with Gasteiger partial charge in [-0.05, 0) is 42.8 Å². The third kappa shape index (κ3) is 4.00. The molecule has 1 atom stereocenters. The summed E-state index contributed by atoms with van der Waals surface area (Å²) >= 11 is 6.10. The van der Waals surface area contributed by atoms with Crippen molar-refractivity contribution in [2.75, 3.05) is 0 Å². The number of aryl methyl sites for hydroxylation is 1. The molecule has 2 N–H and O–H groups in total. The van der Waals surface area contributed by atoms with Crippen LogP contribution >= 0.6 is 11.6 Å². The van der Waals surface area contributed by atoms with Crippen molar-refractivity contribution in [3.05, 3.63) is 82.4 Å². The van der Waals surface area contributed by atoms with E-state index in [2.05, 4.69) is 20.5 Å². The zero-order valence-corrected chi connectivity index (χ0v) is 13.9. The number of benzene rings is 1. The maximum atomic E-state index is 12.4. The monoisotopic (exact) mass is 340 g/mol. The Bertz CT molecular complexity index is 832. The normalized spacial score (nSPS) is 11.9. The van der Waals surface area contributed by atoms with E-state index in [4.69, 9.17) is 11.6 Å². The lowest BCUT2D eigenvalue weighted by Crippen LogP contribution is -2.31. The molecule has 1 amide bonds. The second-order valence-electron chi connectivity index (χ2n) is 5.53. The molecule has 5 nitrogen and oxygen atoms in total. The largest absolute Gasteiger partial charge is 0.343 e. The van der Waals surface area contributed by atoms with Crippen LogP contribution in [0.5, 0.6) is 0 Å². The predicted molar refractivity (Wildman–Crippen MR) is 92.7 cm³/mol. The molecule has 122 valence electrons. The second kappa shape index (κ2) is 7.27. The van der Waals surface area contributed by atoms with Gasteiger partial charge in [-0.1, -0.05) is 29.8 Å². The van der Waals surface area contributed by atoms with Crippen molar-refractivity contribution in [3.8, 4) is 0 Å². The van der Waals surface area contributed by atoms with Crippen LogP contribution in [0.2, 0.25) is 5.02 Å². The van der Waals surface area contributed by atoms with E-state index in [9.17, 15) is 4.79 Å². The molecule has 2 heterocycles. The molecule has 3 aromatic rings. The van der Waals surface area contributed by atoms with Gasteiger partial charge >= 0.3 is 0 Å². The Hall–Kier alpha value is -2.66. The van der Waals surface area contributed by atoms with E-state index in [0.717, 1.165) is 17.0 Å². The Kier molecular flexibility index (Phi) is 4.91. The first kappa shape index (κ1) is 16.2. The van der Waals surface area contributed by atoms with Gasteiger partial charge in [0.1, 0.15) is 0 Å². The van der Waals surface area contributed by atoms with Crippen molar-refractivity contribution in [1.29, 1.82) is 0 Å². The standard InChI is InChI=1S/C18H17ClN4O/c1-12-9-15(23-22-12)11-17(24)21-18(16-7-2-3-8-20-16)13-5-4-6-14(19)10-13/h2-10,18H,11H2,1H3,(H,21,24)(H,22,23)/t18-/m1/s1. The Morgan fingerprint density at radius 2 is 2.12 bits per heavy atom. The van der Waals surface area contributed by atoms with E-state index in [-0.39, 0.29) is 18.4 Å². The Balaban J connectivity index is 1.83. The summed E-state index contributed by atoms with van der Waals surface area (Å²) in [7, 11) is 0. The smallest absolute Gasteiger partial charge is 0.226 e. The number of hydrogen-bond acceptors (Lipinski definition) is 3. The number of nitrogens with one attached hydrogen (secondary N) is 2. The van der Waals surface area contributed by atoms with Crippen LogP contribution in [0.25, 0.3) is 0 Å². The van der Waals surface area contributed by atoms with Crippen LogP contribution in [0.3, 0.4) is 0 Å². The van der Waals surface area contributed by atoms with Gasteiger partial charge in [0, 0.05) is 16.9 Å².